The molecule has 1 heterocycles. The molecule has 2 aromatic carbocycles. The lowest BCUT2D eigenvalue weighted by Crippen LogP contribution is -2.47. The number of amides is 2. The monoisotopic (exact) mass is 448 g/mol. The Morgan fingerprint density at radius 2 is 1.82 bits per heavy atom. The molecule has 0 unspecified atom stereocenters. The van der Waals surface area contributed by atoms with Crippen molar-refractivity contribution in [3.63, 3.8) is 0 Å². The van der Waals surface area contributed by atoms with Gasteiger partial charge in [0, 0.05) is 24.1 Å². The predicted octanol–water partition coefficient (Wildman–Crippen LogP) is 4.16. The third kappa shape index (κ3) is 5.34. The van der Waals surface area contributed by atoms with Crippen molar-refractivity contribution in [2.24, 2.45) is 0 Å². The SMILES string of the molecule is O=C(NC1CCCCC1)[C@H](c1ccc(O)cc1)N(C(=O)c1cnccn1)c1cccc(F)c1. The number of hydrogen-bond donors (Lipinski definition) is 2. The zero-order valence-corrected chi connectivity index (χ0v) is 18.0. The van der Waals surface area contributed by atoms with Crippen LogP contribution in [-0.4, -0.2) is 32.9 Å². The van der Waals surface area contributed by atoms with Gasteiger partial charge in [-0.2, -0.15) is 0 Å². The van der Waals surface area contributed by atoms with E-state index in [1.807, 2.05) is 0 Å². The van der Waals surface area contributed by atoms with Crippen molar-refractivity contribution in [3.8, 4) is 5.75 Å². The lowest BCUT2D eigenvalue weighted by molar-refractivity contribution is -0.123. The highest BCUT2D eigenvalue weighted by Crippen LogP contribution is 2.31. The average molecular weight is 448 g/mol. The van der Waals surface area contributed by atoms with Gasteiger partial charge in [0.05, 0.1) is 6.20 Å². The first-order chi connectivity index (χ1) is 16.0. The molecule has 3 aromatic rings. The van der Waals surface area contributed by atoms with Crippen LogP contribution in [0.25, 0.3) is 0 Å². The third-order valence-corrected chi connectivity index (χ3v) is 5.75. The Labute approximate surface area is 191 Å². The van der Waals surface area contributed by atoms with Crippen molar-refractivity contribution in [2.75, 3.05) is 4.90 Å². The summed E-state index contributed by atoms with van der Waals surface area (Å²) in [5.41, 5.74) is 0.709. The molecule has 33 heavy (non-hydrogen) atoms. The Morgan fingerprint density at radius 3 is 2.48 bits per heavy atom. The van der Waals surface area contributed by atoms with E-state index in [-0.39, 0.29) is 29.1 Å². The van der Waals surface area contributed by atoms with E-state index in [4.69, 9.17) is 0 Å². The Hall–Kier alpha value is -3.81. The molecule has 2 N–H and O–H groups in total. The largest absolute Gasteiger partial charge is 0.508 e. The van der Waals surface area contributed by atoms with E-state index in [2.05, 4.69) is 15.3 Å². The second-order valence-electron chi connectivity index (χ2n) is 8.08. The van der Waals surface area contributed by atoms with Gasteiger partial charge in [-0.1, -0.05) is 37.5 Å². The van der Waals surface area contributed by atoms with Crippen molar-refractivity contribution in [1.29, 1.82) is 0 Å². The summed E-state index contributed by atoms with van der Waals surface area (Å²) >= 11 is 0. The summed E-state index contributed by atoms with van der Waals surface area (Å²) in [6.07, 6.45) is 9.06. The predicted molar refractivity (Wildman–Crippen MR) is 121 cm³/mol. The van der Waals surface area contributed by atoms with Gasteiger partial charge in [-0.15, -0.1) is 0 Å². The number of halogens is 1. The summed E-state index contributed by atoms with van der Waals surface area (Å²) in [5.74, 6) is -1.48. The van der Waals surface area contributed by atoms with Gasteiger partial charge in [0.1, 0.15) is 23.3 Å². The van der Waals surface area contributed by atoms with E-state index >= 15 is 0 Å². The second kappa shape index (κ2) is 10.2. The summed E-state index contributed by atoms with van der Waals surface area (Å²) in [4.78, 5) is 36.5. The smallest absolute Gasteiger partial charge is 0.279 e. The van der Waals surface area contributed by atoms with Gasteiger partial charge in [-0.3, -0.25) is 19.5 Å². The number of nitrogens with one attached hydrogen (secondary N) is 1. The van der Waals surface area contributed by atoms with Crippen molar-refractivity contribution in [2.45, 2.75) is 44.2 Å². The van der Waals surface area contributed by atoms with Crippen LogP contribution in [0.5, 0.6) is 5.75 Å². The Morgan fingerprint density at radius 1 is 1.06 bits per heavy atom. The Balaban J connectivity index is 1.80. The van der Waals surface area contributed by atoms with Gasteiger partial charge in [-0.25, -0.2) is 9.37 Å². The third-order valence-electron chi connectivity index (χ3n) is 5.75. The fourth-order valence-corrected chi connectivity index (χ4v) is 4.14. The topological polar surface area (TPSA) is 95.4 Å². The van der Waals surface area contributed by atoms with Crippen molar-refractivity contribution >= 4 is 17.5 Å². The van der Waals surface area contributed by atoms with Gasteiger partial charge in [-0.05, 0) is 48.7 Å². The van der Waals surface area contributed by atoms with Crippen LogP contribution >= 0.6 is 0 Å². The second-order valence-corrected chi connectivity index (χ2v) is 8.08. The van der Waals surface area contributed by atoms with Gasteiger partial charge < -0.3 is 10.4 Å². The van der Waals surface area contributed by atoms with Crippen LogP contribution in [0.2, 0.25) is 0 Å². The minimum atomic E-state index is -1.11. The zero-order valence-electron chi connectivity index (χ0n) is 18.0. The van der Waals surface area contributed by atoms with E-state index in [1.165, 1.54) is 53.8 Å². The number of carbonyl (C=O) groups excluding carboxylic acids is 2. The van der Waals surface area contributed by atoms with E-state index in [0.717, 1.165) is 32.1 Å². The molecular formula is C25H25FN4O3. The minimum absolute atomic E-state index is 0.00634. The molecule has 170 valence electrons. The summed E-state index contributed by atoms with van der Waals surface area (Å²) < 4.78 is 14.2. The first kappa shape index (κ1) is 22.4. The van der Waals surface area contributed by atoms with E-state index < -0.39 is 17.8 Å². The molecule has 0 saturated heterocycles. The van der Waals surface area contributed by atoms with Crippen LogP contribution in [0.1, 0.15) is 54.2 Å². The molecule has 0 radical (unpaired) electrons. The molecule has 1 fully saturated rings. The van der Waals surface area contributed by atoms with Crippen molar-refractivity contribution < 1.29 is 19.1 Å². The molecule has 2 amide bonds. The lowest BCUT2D eigenvalue weighted by Gasteiger charge is -2.33. The number of nitrogens with zero attached hydrogens (tertiary/aromatic N) is 3. The van der Waals surface area contributed by atoms with Gasteiger partial charge >= 0.3 is 0 Å². The van der Waals surface area contributed by atoms with Gasteiger partial charge in [0.2, 0.25) is 5.91 Å². The van der Waals surface area contributed by atoms with Gasteiger partial charge in [0.15, 0.2) is 0 Å². The fraction of sp³-hybridized carbons (Fsp3) is 0.280. The Bertz CT molecular complexity index is 1100. The van der Waals surface area contributed by atoms with Crippen LogP contribution in [0.15, 0.2) is 67.1 Å². The summed E-state index contributed by atoms with van der Waals surface area (Å²) in [5, 5.41) is 12.8. The minimum Gasteiger partial charge on any atom is -0.508 e. The van der Waals surface area contributed by atoms with Gasteiger partial charge in [0.25, 0.3) is 5.91 Å². The maximum absolute atomic E-state index is 14.2. The van der Waals surface area contributed by atoms with E-state index in [0.29, 0.717) is 5.56 Å². The van der Waals surface area contributed by atoms with E-state index in [1.54, 1.807) is 18.2 Å². The van der Waals surface area contributed by atoms with E-state index in [9.17, 15) is 19.1 Å². The number of phenols is 1. The highest BCUT2D eigenvalue weighted by atomic mass is 19.1. The first-order valence-electron chi connectivity index (χ1n) is 11.0. The highest BCUT2D eigenvalue weighted by Gasteiger charge is 2.35. The Kier molecular flexibility index (Phi) is 6.92. The van der Waals surface area contributed by atoms with Crippen LogP contribution in [0.4, 0.5) is 10.1 Å². The molecule has 0 aliphatic heterocycles. The van der Waals surface area contributed by atoms with Crippen LogP contribution in [0.3, 0.4) is 0 Å². The van der Waals surface area contributed by atoms with Crippen molar-refractivity contribution in [1.82, 2.24) is 15.3 Å². The molecule has 8 heteroatoms. The van der Waals surface area contributed by atoms with Crippen LogP contribution in [0, 0.1) is 5.82 Å². The fourth-order valence-electron chi connectivity index (χ4n) is 4.14. The summed E-state index contributed by atoms with van der Waals surface area (Å²) in [6, 6.07) is 10.5. The first-order valence-corrected chi connectivity index (χ1v) is 11.0. The maximum atomic E-state index is 14.2. The number of aromatic nitrogens is 2. The molecule has 1 saturated carbocycles. The molecule has 0 bridgehead atoms. The van der Waals surface area contributed by atoms with Crippen molar-refractivity contribution in [3.05, 3.63) is 84.2 Å². The number of rotatable bonds is 6. The lowest BCUT2D eigenvalue weighted by atomic mass is 9.94. The molecule has 0 spiro atoms. The zero-order chi connectivity index (χ0) is 23.2. The summed E-state index contributed by atoms with van der Waals surface area (Å²) in [7, 11) is 0. The van der Waals surface area contributed by atoms with Crippen LogP contribution < -0.4 is 10.2 Å². The maximum Gasteiger partial charge on any atom is 0.279 e. The normalized spacial score (nSPS) is 14.9. The molecule has 1 atom stereocenters. The van der Waals surface area contributed by atoms with Crippen LogP contribution in [-0.2, 0) is 4.79 Å². The number of carbonyl (C=O) groups is 2. The number of phenolic OH excluding ortho intramolecular Hbond substituents is 1. The molecule has 1 aliphatic carbocycles. The number of benzene rings is 2. The molecule has 7 nitrogen and oxygen atoms in total. The average Bonchev–Trinajstić information content (AvgIpc) is 2.84. The standard InChI is InChI=1S/C25H25FN4O3/c26-18-5-4-8-20(15-18)30(25(33)22-16-27-13-14-28-22)23(17-9-11-21(31)12-10-17)24(32)29-19-6-2-1-3-7-19/h4-5,8-16,19,23,31H,1-3,6-7H2,(H,29,32)/t23-/m0/s1. The highest BCUT2D eigenvalue weighted by molar-refractivity contribution is 6.09. The quantitative estimate of drug-likeness (QED) is 0.591. The number of hydrogen-bond acceptors (Lipinski definition) is 5. The summed E-state index contributed by atoms with van der Waals surface area (Å²) in [6.45, 7) is 0. The number of aromatic hydroxyl groups is 1. The molecular weight excluding hydrogens is 423 g/mol. The molecule has 1 aromatic heterocycles. The molecule has 1 aliphatic rings. The number of anilines is 1. The molecule has 4 rings (SSSR count).